The van der Waals surface area contributed by atoms with Crippen molar-refractivity contribution >= 4 is 17.5 Å². The van der Waals surface area contributed by atoms with Crippen LogP contribution < -0.4 is 19.7 Å². The molecule has 0 saturated carbocycles. The van der Waals surface area contributed by atoms with Gasteiger partial charge in [-0.15, -0.1) is 0 Å². The van der Waals surface area contributed by atoms with E-state index in [1.54, 1.807) is 12.0 Å². The van der Waals surface area contributed by atoms with E-state index in [0.29, 0.717) is 19.7 Å². The Kier molecular flexibility index (Phi) is 6.53. The number of hydrogen-bond donors (Lipinski definition) is 1. The van der Waals surface area contributed by atoms with Crippen LogP contribution in [0.25, 0.3) is 0 Å². The molecule has 0 aromatic heterocycles. The molecule has 0 spiro atoms. The van der Waals surface area contributed by atoms with Crippen molar-refractivity contribution < 1.29 is 19.1 Å². The summed E-state index contributed by atoms with van der Waals surface area (Å²) < 4.78 is 10.9. The minimum absolute atomic E-state index is 0.0420. The van der Waals surface area contributed by atoms with Crippen molar-refractivity contribution in [2.45, 2.75) is 26.3 Å². The number of nitrogens with one attached hydrogen (secondary N) is 1. The highest BCUT2D eigenvalue weighted by molar-refractivity contribution is 6.00. The number of amides is 2. The van der Waals surface area contributed by atoms with Gasteiger partial charge in [-0.1, -0.05) is 25.1 Å². The Morgan fingerprint density at radius 2 is 1.93 bits per heavy atom. The summed E-state index contributed by atoms with van der Waals surface area (Å²) in [4.78, 5) is 26.6. The van der Waals surface area contributed by atoms with Crippen molar-refractivity contribution in [2.24, 2.45) is 5.92 Å². The zero-order valence-corrected chi connectivity index (χ0v) is 16.3. The Labute approximate surface area is 165 Å². The second-order valence-electron chi connectivity index (χ2n) is 6.78. The number of para-hydroxylation sites is 1. The van der Waals surface area contributed by atoms with Gasteiger partial charge >= 0.3 is 0 Å². The molecule has 28 heavy (non-hydrogen) atoms. The molecule has 0 unspecified atom stereocenters. The first-order valence-electron chi connectivity index (χ1n) is 9.55. The standard InChI is InChI=1S/C22H26N2O4/c1-3-12-28-19-10-8-18(9-11-19)24-15-17(13-21(24)25)22(26)23-14-16-6-4-5-7-20(16)27-2/h4-11,17H,3,12-15H2,1-2H3,(H,23,26)/t17-/m1/s1. The van der Waals surface area contributed by atoms with Crippen LogP contribution in [0.5, 0.6) is 11.5 Å². The van der Waals surface area contributed by atoms with Gasteiger partial charge in [0.2, 0.25) is 11.8 Å². The van der Waals surface area contributed by atoms with Crippen molar-refractivity contribution in [1.29, 1.82) is 0 Å². The van der Waals surface area contributed by atoms with Crippen LogP contribution >= 0.6 is 0 Å². The van der Waals surface area contributed by atoms with E-state index in [0.717, 1.165) is 29.2 Å². The lowest BCUT2D eigenvalue weighted by molar-refractivity contribution is -0.126. The molecule has 2 amide bonds. The molecule has 6 heteroatoms. The number of benzene rings is 2. The zero-order valence-electron chi connectivity index (χ0n) is 16.3. The van der Waals surface area contributed by atoms with Gasteiger partial charge in [0.25, 0.3) is 0 Å². The van der Waals surface area contributed by atoms with E-state index in [-0.39, 0.29) is 24.2 Å². The molecule has 1 fully saturated rings. The molecular formula is C22H26N2O4. The van der Waals surface area contributed by atoms with E-state index in [9.17, 15) is 9.59 Å². The second-order valence-corrected chi connectivity index (χ2v) is 6.78. The SMILES string of the molecule is CCCOc1ccc(N2C[C@H](C(=O)NCc3ccccc3OC)CC2=O)cc1. The summed E-state index contributed by atoms with van der Waals surface area (Å²) in [5.74, 6) is 0.989. The summed E-state index contributed by atoms with van der Waals surface area (Å²) in [6.07, 6.45) is 1.16. The van der Waals surface area contributed by atoms with E-state index >= 15 is 0 Å². The number of anilines is 1. The largest absolute Gasteiger partial charge is 0.496 e. The van der Waals surface area contributed by atoms with Gasteiger partial charge in [-0.25, -0.2) is 0 Å². The third-order valence-corrected chi connectivity index (χ3v) is 4.76. The van der Waals surface area contributed by atoms with E-state index < -0.39 is 0 Å². The summed E-state index contributed by atoms with van der Waals surface area (Å²) in [5, 5.41) is 2.92. The number of rotatable bonds is 8. The maximum atomic E-state index is 12.6. The normalized spacial score (nSPS) is 16.1. The zero-order chi connectivity index (χ0) is 19.9. The number of nitrogens with zero attached hydrogens (tertiary/aromatic N) is 1. The lowest BCUT2D eigenvalue weighted by Gasteiger charge is -2.17. The van der Waals surface area contributed by atoms with Crippen molar-refractivity contribution in [3.05, 3.63) is 54.1 Å². The van der Waals surface area contributed by atoms with Crippen molar-refractivity contribution in [2.75, 3.05) is 25.2 Å². The Hall–Kier alpha value is -3.02. The van der Waals surface area contributed by atoms with Crippen LogP contribution in [0.3, 0.4) is 0 Å². The minimum atomic E-state index is -0.363. The van der Waals surface area contributed by atoms with Crippen LogP contribution in [0.2, 0.25) is 0 Å². The van der Waals surface area contributed by atoms with Crippen LogP contribution in [0.1, 0.15) is 25.3 Å². The number of carbonyl (C=O) groups is 2. The summed E-state index contributed by atoms with van der Waals surface area (Å²) in [6, 6.07) is 15.0. The predicted octanol–water partition coefficient (Wildman–Crippen LogP) is 3.15. The highest BCUT2D eigenvalue weighted by Gasteiger charge is 2.35. The fraction of sp³-hybridized carbons (Fsp3) is 0.364. The van der Waals surface area contributed by atoms with Gasteiger partial charge in [0.05, 0.1) is 19.6 Å². The Bertz CT molecular complexity index is 820. The first-order valence-corrected chi connectivity index (χ1v) is 9.55. The molecule has 1 saturated heterocycles. The molecule has 6 nitrogen and oxygen atoms in total. The maximum Gasteiger partial charge on any atom is 0.227 e. The third-order valence-electron chi connectivity index (χ3n) is 4.76. The molecule has 1 heterocycles. The number of carbonyl (C=O) groups excluding carboxylic acids is 2. The Balaban J connectivity index is 1.58. The monoisotopic (exact) mass is 382 g/mol. The maximum absolute atomic E-state index is 12.6. The van der Waals surface area contributed by atoms with Crippen molar-refractivity contribution in [3.8, 4) is 11.5 Å². The van der Waals surface area contributed by atoms with Crippen LogP contribution in [0.15, 0.2) is 48.5 Å². The Morgan fingerprint density at radius 3 is 2.64 bits per heavy atom. The van der Waals surface area contributed by atoms with Gasteiger partial charge in [0, 0.05) is 30.8 Å². The van der Waals surface area contributed by atoms with E-state index in [1.807, 2.05) is 48.5 Å². The second kappa shape index (κ2) is 9.26. The van der Waals surface area contributed by atoms with Gasteiger partial charge in [0.15, 0.2) is 0 Å². The smallest absolute Gasteiger partial charge is 0.227 e. The van der Waals surface area contributed by atoms with E-state index in [2.05, 4.69) is 12.2 Å². The third kappa shape index (κ3) is 4.63. The average Bonchev–Trinajstić information content (AvgIpc) is 3.12. The molecule has 3 rings (SSSR count). The predicted molar refractivity (Wildman–Crippen MR) is 108 cm³/mol. The molecule has 1 aliphatic heterocycles. The van der Waals surface area contributed by atoms with Gasteiger partial charge < -0.3 is 19.7 Å². The summed E-state index contributed by atoms with van der Waals surface area (Å²) in [7, 11) is 1.60. The molecule has 0 bridgehead atoms. The first kappa shape index (κ1) is 19.7. The molecule has 148 valence electrons. The fourth-order valence-electron chi connectivity index (χ4n) is 3.25. The van der Waals surface area contributed by atoms with E-state index in [4.69, 9.17) is 9.47 Å². The van der Waals surface area contributed by atoms with E-state index in [1.165, 1.54) is 0 Å². The number of ether oxygens (including phenoxy) is 2. The van der Waals surface area contributed by atoms with Crippen molar-refractivity contribution in [3.63, 3.8) is 0 Å². The highest BCUT2D eigenvalue weighted by atomic mass is 16.5. The summed E-state index contributed by atoms with van der Waals surface area (Å²) >= 11 is 0. The van der Waals surface area contributed by atoms with Crippen molar-refractivity contribution in [1.82, 2.24) is 5.32 Å². The number of methoxy groups -OCH3 is 1. The van der Waals surface area contributed by atoms with Gasteiger partial charge in [-0.3, -0.25) is 9.59 Å². The molecule has 2 aromatic carbocycles. The summed E-state index contributed by atoms with van der Waals surface area (Å²) in [6.45, 7) is 3.47. The van der Waals surface area contributed by atoms with Gasteiger partial charge in [0.1, 0.15) is 11.5 Å². The molecule has 0 aliphatic carbocycles. The molecule has 1 aliphatic rings. The molecular weight excluding hydrogens is 356 g/mol. The van der Waals surface area contributed by atoms with Crippen LogP contribution in [0, 0.1) is 5.92 Å². The quantitative estimate of drug-likeness (QED) is 0.762. The van der Waals surface area contributed by atoms with Crippen LogP contribution in [-0.2, 0) is 16.1 Å². The lowest BCUT2D eigenvalue weighted by Crippen LogP contribution is -2.32. The molecule has 1 N–H and O–H groups in total. The van der Waals surface area contributed by atoms with Crippen LogP contribution in [-0.4, -0.2) is 32.1 Å². The van der Waals surface area contributed by atoms with Gasteiger partial charge in [-0.2, -0.15) is 0 Å². The molecule has 0 radical (unpaired) electrons. The average molecular weight is 382 g/mol. The molecule has 2 aromatic rings. The van der Waals surface area contributed by atoms with Gasteiger partial charge in [-0.05, 0) is 36.8 Å². The topological polar surface area (TPSA) is 67.9 Å². The summed E-state index contributed by atoms with van der Waals surface area (Å²) in [5.41, 5.74) is 1.69. The lowest BCUT2D eigenvalue weighted by atomic mass is 10.1. The highest BCUT2D eigenvalue weighted by Crippen LogP contribution is 2.27. The number of hydrogen-bond acceptors (Lipinski definition) is 4. The minimum Gasteiger partial charge on any atom is -0.496 e. The Morgan fingerprint density at radius 1 is 1.18 bits per heavy atom. The molecule has 1 atom stereocenters. The fourth-order valence-corrected chi connectivity index (χ4v) is 3.25. The van der Waals surface area contributed by atoms with Crippen LogP contribution in [0.4, 0.5) is 5.69 Å². The first-order chi connectivity index (χ1) is 13.6.